The summed E-state index contributed by atoms with van der Waals surface area (Å²) in [7, 11) is 1.90. The molecule has 0 heterocycles. The van der Waals surface area contributed by atoms with Crippen LogP contribution in [-0.4, -0.2) is 30.0 Å². The molecular formula is C22H38O2S. The largest absolute Gasteiger partial charge is 0.382 e. The molecule has 0 amide bonds. The van der Waals surface area contributed by atoms with Crippen LogP contribution in [0.25, 0.3) is 0 Å². The molecule has 4 fully saturated rings. The highest BCUT2D eigenvalue weighted by molar-refractivity contribution is 7.99. The average molecular weight is 367 g/mol. The fraction of sp³-hybridized carbons (Fsp3) is 1.00. The molecule has 0 radical (unpaired) electrons. The zero-order chi connectivity index (χ0) is 17.8. The van der Waals surface area contributed by atoms with Crippen molar-refractivity contribution in [1.29, 1.82) is 0 Å². The minimum Gasteiger partial charge on any atom is -0.382 e. The molecule has 0 aromatic heterocycles. The average Bonchev–Trinajstić information content (AvgIpc) is 2.97. The van der Waals surface area contributed by atoms with E-state index in [1.54, 1.807) is 11.8 Å². The minimum absolute atomic E-state index is 0.157. The molecule has 4 aliphatic rings. The van der Waals surface area contributed by atoms with Crippen molar-refractivity contribution in [2.75, 3.05) is 13.4 Å². The van der Waals surface area contributed by atoms with Gasteiger partial charge in [0.05, 0.1) is 6.10 Å². The van der Waals surface area contributed by atoms with Gasteiger partial charge in [-0.05, 0) is 104 Å². The summed E-state index contributed by atoms with van der Waals surface area (Å²) >= 11 is 1.67. The van der Waals surface area contributed by atoms with Crippen molar-refractivity contribution >= 4 is 11.8 Å². The predicted octanol–water partition coefficient (Wildman–Crippen LogP) is 5.34. The first kappa shape index (κ1) is 18.6. The van der Waals surface area contributed by atoms with Gasteiger partial charge in [0.2, 0.25) is 0 Å². The standard InChI is InChI=1S/C22H38O2S/c1-21-11-9-15(24-3)13-14(21)5-6-16-17-7-8-19(20(23)25-4)22(17,2)12-10-18(16)21/h14-20,23H,5-13H2,1-4H3/t14?,15-,16?,17?,18?,19?,20-,21-,22-/m0/s1. The third-order valence-electron chi connectivity index (χ3n) is 9.61. The van der Waals surface area contributed by atoms with E-state index in [2.05, 4.69) is 20.1 Å². The lowest BCUT2D eigenvalue weighted by molar-refractivity contribution is -0.133. The van der Waals surface area contributed by atoms with Gasteiger partial charge in [0.25, 0.3) is 0 Å². The normalized spacial score (nSPS) is 53.6. The van der Waals surface area contributed by atoms with E-state index in [-0.39, 0.29) is 5.44 Å². The van der Waals surface area contributed by atoms with Gasteiger partial charge < -0.3 is 9.84 Å². The van der Waals surface area contributed by atoms with E-state index in [0.717, 1.165) is 23.7 Å². The molecular weight excluding hydrogens is 328 g/mol. The molecule has 3 heteroatoms. The summed E-state index contributed by atoms with van der Waals surface area (Å²) < 4.78 is 5.73. The quantitative estimate of drug-likeness (QED) is 0.684. The Morgan fingerprint density at radius 3 is 2.40 bits per heavy atom. The Morgan fingerprint density at radius 2 is 1.68 bits per heavy atom. The van der Waals surface area contributed by atoms with Gasteiger partial charge in [0, 0.05) is 7.11 Å². The minimum atomic E-state index is -0.157. The van der Waals surface area contributed by atoms with Crippen molar-refractivity contribution in [3.8, 4) is 0 Å². The summed E-state index contributed by atoms with van der Waals surface area (Å²) in [6.07, 6.45) is 14.7. The van der Waals surface area contributed by atoms with E-state index in [0.29, 0.717) is 22.9 Å². The molecule has 1 N–H and O–H groups in total. The van der Waals surface area contributed by atoms with Crippen LogP contribution in [0.15, 0.2) is 0 Å². The third kappa shape index (κ3) is 2.74. The molecule has 0 saturated heterocycles. The summed E-state index contributed by atoms with van der Waals surface area (Å²) in [5, 5.41) is 10.6. The fourth-order valence-corrected chi connectivity index (χ4v) is 8.88. The van der Waals surface area contributed by atoms with Gasteiger partial charge in [-0.2, -0.15) is 0 Å². The van der Waals surface area contributed by atoms with Crippen molar-refractivity contribution in [1.82, 2.24) is 0 Å². The molecule has 144 valence electrons. The number of aliphatic hydroxyl groups is 1. The van der Waals surface area contributed by atoms with Crippen LogP contribution < -0.4 is 0 Å². The van der Waals surface area contributed by atoms with E-state index in [4.69, 9.17) is 4.74 Å². The van der Waals surface area contributed by atoms with Crippen LogP contribution in [0.3, 0.4) is 0 Å². The van der Waals surface area contributed by atoms with Crippen LogP contribution in [-0.2, 0) is 4.74 Å². The fourth-order valence-electron chi connectivity index (χ4n) is 8.11. The number of ether oxygens (including phenoxy) is 1. The second kappa shape index (κ2) is 6.71. The van der Waals surface area contributed by atoms with E-state index in [9.17, 15) is 5.11 Å². The van der Waals surface area contributed by atoms with Gasteiger partial charge in [0.1, 0.15) is 5.44 Å². The van der Waals surface area contributed by atoms with E-state index < -0.39 is 0 Å². The van der Waals surface area contributed by atoms with Crippen LogP contribution in [0.5, 0.6) is 0 Å². The number of methoxy groups -OCH3 is 1. The third-order valence-corrected chi connectivity index (χ3v) is 10.4. The lowest BCUT2D eigenvalue weighted by Crippen LogP contribution is -2.54. The van der Waals surface area contributed by atoms with E-state index in [1.807, 2.05) is 7.11 Å². The molecule has 0 aromatic rings. The molecule has 9 atom stereocenters. The maximum atomic E-state index is 10.6. The summed E-state index contributed by atoms with van der Waals surface area (Å²) in [6, 6.07) is 0. The predicted molar refractivity (Wildman–Crippen MR) is 106 cm³/mol. The second-order valence-electron chi connectivity index (χ2n) is 10.1. The number of aliphatic hydroxyl groups excluding tert-OH is 1. The molecule has 0 aromatic carbocycles. The number of rotatable bonds is 3. The molecule has 0 spiro atoms. The van der Waals surface area contributed by atoms with Crippen LogP contribution in [0.2, 0.25) is 0 Å². The number of hydrogen-bond acceptors (Lipinski definition) is 3. The van der Waals surface area contributed by atoms with Gasteiger partial charge in [-0.3, -0.25) is 0 Å². The summed E-state index contributed by atoms with van der Waals surface area (Å²) in [5.41, 5.74) is 0.780. The van der Waals surface area contributed by atoms with Crippen LogP contribution in [0.4, 0.5) is 0 Å². The second-order valence-corrected chi connectivity index (χ2v) is 11.1. The molecule has 4 rings (SSSR count). The Morgan fingerprint density at radius 1 is 0.960 bits per heavy atom. The first-order chi connectivity index (χ1) is 11.9. The molecule has 0 aliphatic heterocycles. The van der Waals surface area contributed by atoms with Crippen LogP contribution >= 0.6 is 11.8 Å². The van der Waals surface area contributed by atoms with Gasteiger partial charge in [-0.15, -0.1) is 11.8 Å². The maximum absolute atomic E-state index is 10.6. The SMILES string of the molecule is CO[C@H]1CC[C@@]2(C)C(CCC3C2CC[C@@]2(C)C3CCC2[C@@H](O)SC)C1. The highest BCUT2D eigenvalue weighted by Gasteiger charge is 2.60. The Hall–Kier alpha value is 0.270. The van der Waals surface area contributed by atoms with Crippen LogP contribution in [0, 0.1) is 40.4 Å². The lowest BCUT2D eigenvalue weighted by atomic mass is 9.44. The van der Waals surface area contributed by atoms with Crippen molar-refractivity contribution in [2.24, 2.45) is 40.4 Å². The summed E-state index contributed by atoms with van der Waals surface area (Å²) in [6.45, 7) is 5.16. The number of hydrogen-bond donors (Lipinski definition) is 1. The highest BCUT2D eigenvalue weighted by atomic mass is 32.2. The Balaban J connectivity index is 1.56. The van der Waals surface area contributed by atoms with Crippen molar-refractivity contribution in [3.63, 3.8) is 0 Å². The Bertz CT molecular complexity index is 496. The number of thioether (sulfide) groups is 1. The van der Waals surface area contributed by atoms with Gasteiger partial charge in [-0.1, -0.05) is 13.8 Å². The van der Waals surface area contributed by atoms with Crippen LogP contribution in [0.1, 0.15) is 71.6 Å². The lowest BCUT2D eigenvalue weighted by Gasteiger charge is -2.61. The Kier molecular flexibility index (Phi) is 5.00. The zero-order valence-electron chi connectivity index (χ0n) is 16.7. The molecule has 5 unspecified atom stereocenters. The van der Waals surface area contributed by atoms with Gasteiger partial charge in [-0.25, -0.2) is 0 Å². The first-order valence-corrected chi connectivity index (χ1v) is 12.0. The molecule has 0 bridgehead atoms. The molecule has 25 heavy (non-hydrogen) atoms. The maximum Gasteiger partial charge on any atom is 0.102 e. The van der Waals surface area contributed by atoms with Gasteiger partial charge in [0.15, 0.2) is 0 Å². The molecule has 2 nitrogen and oxygen atoms in total. The molecule has 4 aliphatic carbocycles. The first-order valence-electron chi connectivity index (χ1n) is 10.7. The Labute approximate surface area is 158 Å². The van der Waals surface area contributed by atoms with Crippen molar-refractivity contribution in [3.05, 3.63) is 0 Å². The monoisotopic (exact) mass is 366 g/mol. The van der Waals surface area contributed by atoms with Gasteiger partial charge >= 0.3 is 0 Å². The van der Waals surface area contributed by atoms with E-state index >= 15 is 0 Å². The topological polar surface area (TPSA) is 29.5 Å². The zero-order valence-corrected chi connectivity index (χ0v) is 17.5. The van der Waals surface area contributed by atoms with Crippen molar-refractivity contribution < 1.29 is 9.84 Å². The van der Waals surface area contributed by atoms with E-state index in [1.165, 1.54) is 57.8 Å². The number of fused-ring (bicyclic) bond motifs is 5. The molecule has 4 saturated carbocycles. The van der Waals surface area contributed by atoms with Crippen molar-refractivity contribution in [2.45, 2.75) is 83.2 Å². The highest BCUT2D eigenvalue weighted by Crippen LogP contribution is 2.68. The summed E-state index contributed by atoms with van der Waals surface area (Å²) in [5.74, 6) is 4.09. The smallest absolute Gasteiger partial charge is 0.102 e. The summed E-state index contributed by atoms with van der Waals surface area (Å²) in [4.78, 5) is 0.